The van der Waals surface area contributed by atoms with Crippen molar-refractivity contribution >= 4 is 0 Å². The zero-order chi connectivity index (χ0) is 18.8. The molecule has 1 aromatic carbocycles. The van der Waals surface area contributed by atoms with Gasteiger partial charge in [-0.25, -0.2) is 9.07 Å². The van der Waals surface area contributed by atoms with E-state index in [0.717, 1.165) is 0 Å². The molecule has 26 heavy (non-hydrogen) atoms. The Morgan fingerprint density at radius 3 is 2.73 bits per heavy atom. The Hall–Kier alpha value is -2.14. The van der Waals surface area contributed by atoms with E-state index in [2.05, 4.69) is 10.3 Å². The first kappa shape index (κ1) is 18.6. The summed E-state index contributed by atoms with van der Waals surface area (Å²) in [5.74, 6) is -2.45. The quantitative estimate of drug-likeness (QED) is 0.791. The standard InChI is InChI=1S/C16H19F2N3O5/c1-24-10-4-3-8(13(17)14(10)18)9-5-21(20-19-9)15-12(25-2)7-26-11(6-22)16(15)23/h3-5,11-12,15-16,22-23H,6-7H2,1-2H3. The van der Waals surface area contributed by atoms with E-state index in [0.29, 0.717) is 0 Å². The summed E-state index contributed by atoms with van der Waals surface area (Å²) in [7, 11) is 2.69. The molecule has 0 amide bonds. The maximum absolute atomic E-state index is 14.3. The minimum Gasteiger partial charge on any atom is -0.494 e. The fourth-order valence-electron chi connectivity index (χ4n) is 2.98. The first-order valence-electron chi connectivity index (χ1n) is 7.89. The van der Waals surface area contributed by atoms with E-state index >= 15 is 0 Å². The monoisotopic (exact) mass is 371 g/mol. The smallest absolute Gasteiger partial charge is 0.201 e. The van der Waals surface area contributed by atoms with Gasteiger partial charge >= 0.3 is 0 Å². The SMILES string of the molecule is COc1ccc(-c2cn(C3C(OC)COC(CO)C3O)nn2)c(F)c1F. The average Bonchev–Trinajstić information content (AvgIpc) is 3.12. The van der Waals surface area contributed by atoms with E-state index in [1.165, 1.54) is 37.2 Å². The molecule has 0 saturated carbocycles. The van der Waals surface area contributed by atoms with Crippen molar-refractivity contribution in [3.05, 3.63) is 30.0 Å². The molecule has 0 radical (unpaired) electrons. The second-order valence-electron chi connectivity index (χ2n) is 5.84. The molecule has 2 heterocycles. The molecule has 1 aliphatic heterocycles. The zero-order valence-corrected chi connectivity index (χ0v) is 14.2. The third-order valence-electron chi connectivity index (χ3n) is 4.43. The molecule has 1 aromatic heterocycles. The van der Waals surface area contributed by atoms with E-state index in [1.807, 2.05) is 0 Å². The van der Waals surface area contributed by atoms with Gasteiger partial charge in [0.1, 0.15) is 30.0 Å². The summed E-state index contributed by atoms with van der Waals surface area (Å²) in [4.78, 5) is 0. The molecule has 8 nitrogen and oxygen atoms in total. The highest BCUT2D eigenvalue weighted by molar-refractivity contribution is 5.60. The van der Waals surface area contributed by atoms with Crippen LogP contribution in [0.2, 0.25) is 0 Å². The Labute approximate surface area is 147 Å². The highest BCUT2D eigenvalue weighted by atomic mass is 19.2. The molecule has 4 unspecified atom stereocenters. The first-order chi connectivity index (χ1) is 12.5. The van der Waals surface area contributed by atoms with E-state index in [4.69, 9.17) is 14.2 Å². The van der Waals surface area contributed by atoms with E-state index < -0.39 is 36.0 Å². The number of aromatic nitrogens is 3. The van der Waals surface area contributed by atoms with E-state index in [9.17, 15) is 19.0 Å². The lowest BCUT2D eigenvalue weighted by Crippen LogP contribution is -2.52. The Morgan fingerprint density at radius 1 is 1.31 bits per heavy atom. The van der Waals surface area contributed by atoms with Crippen LogP contribution < -0.4 is 4.74 Å². The van der Waals surface area contributed by atoms with Crippen molar-refractivity contribution in [1.82, 2.24) is 15.0 Å². The molecule has 3 rings (SSSR count). The van der Waals surface area contributed by atoms with Crippen LogP contribution >= 0.6 is 0 Å². The summed E-state index contributed by atoms with van der Waals surface area (Å²) >= 11 is 0. The lowest BCUT2D eigenvalue weighted by Gasteiger charge is -2.38. The number of halogens is 2. The van der Waals surface area contributed by atoms with Gasteiger partial charge in [0.05, 0.1) is 26.5 Å². The lowest BCUT2D eigenvalue weighted by molar-refractivity contribution is -0.174. The second kappa shape index (κ2) is 7.62. The molecule has 1 aliphatic rings. The van der Waals surface area contributed by atoms with Crippen LogP contribution in [0.15, 0.2) is 18.3 Å². The van der Waals surface area contributed by atoms with Crippen LogP contribution in [0.25, 0.3) is 11.3 Å². The van der Waals surface area contributed by atoms with Gasteiger partial charge < -0.3 is 24.4 Å². The number of hydrogen-bond donors (Lipinski definition) is 2. The number of aliphatic hydroxyl groups is 2. The average molecular weight is 371 g/mol. The molecule has 0 spiro atoms. The summed E-state index contributed by atoms with van der Waals surface area (Å²) in [6.07, 6.45) is -1.11. The van der Waals surface area contributed by atoms with Gasteiger partial charge in [0.25, 0.3) is 0 Å². The third-order valence-corrected chi connectivity index (χ3v) is 4.43. The summed E-state index contributed by atoms with van der Waals surface area (Å²) in [5.41, 5.74) is -0.0121. The Kier molecular flexibility index (Phi) is 5.47. The van der Waals surface area contributed by atoms with Crippen molar-refractivity contribution in [3.8, 4) is 17.0 Å². The largest absolute Gasteiger partial charge is 0.494 e. The zero-order valence-electron chi connectivity index (χ0n) is 14.2. The minimum absolute atomic E-state index is 0.0816. The molecule has 10 heteroatoms. The Bertz CT molecular complexity index is 772. The van der Waals surface area contributed by atoms with Gasteiger partial charge in [0.2, 0.25) is 5.82 Å². The van der Waals surface area contributed by atoms with E-state index in [-0.39, 0.29) is 30.2 Å². The van der Waals surface area contributed by atoms with Crippen molar-refractivity contribution < 1.29 is 33.2 Å². The van der Waals surface area contributed by atoms with Crippen LogP contribution in [-0.4, -0.2) is 71.0 Å². The number of aliphatic hydroxyl groups excluding tert-OH is 2. The van der Waals surface area contributed by atoms with Crippen LogP contribution in [0.5, 0.6) is 5.75 Å². The van der Waals surface area contributed by atoms with Gasteiger partial charge in [-0.3, -0.25) is 0 Å². The topological polar surface area (TPSA) is 98.9 Å². The Balaban J connectivity index is 1.95. The number of benzene rings is 1. The Morgan fingerprint density at radius 2 is 2.08 bits per heavy atom. The van der Waals surface area contributed by atoms with Gasteiger partial charge in [-0.05, 0) is 12.1 Å². The molecule has 0 bridgehead atoms. The van der Waals surface area contributed by atoms with Crippen molar-refractivity contribution in [2.45, 2.75) is 24.4 Å². The molecular formula is C16H19F2N3O5. The fraction of sp³-hybridized carbons (Fsp3) is 0.500. The molecule has 2 N–H and O–H groups in total. The molecule has 0 aliphatic carbocycles. The van der Waals surface area contributed by atoms with Crippen molar-refractivity contribution in [2.75, 3.05) is 27.4 Å². The summed E-state index contributed by atoms with van der Waals surface area (Å²) in [5, 5.41) is 27.5. The predicted octanol–water partition coefficient (Wildman–Crippen LogP) is 0.540. The van der Waals surface area contributed by atoms with Gasteiger partial charge in [-0.1, -0.05) is 5.21 Å². The highest BCUT2D eigenvalue weighted by Crippen LogP contribution is 2.31. The van der Waals surface area contributed by atoms with Gasteiger partial charge in [0, 0.05) is 12.7 Å². The van der Waals surface area contributed by atoms with Crippen LogP contribution in [0, 0.1) is 11.6 Å². The van der Waals surface area contributed by atoms with Crippen molar-refractivity contribution in [1.29, 1.82) is 0 Å². The lowest BCUT2D eigenvalue weighted by atomic mass is 9.97. The fourth-order valence-corrected chi connectivity index (χ4v) is 2.98. The molecule has 4 atom stereocenters. The first-order valence-corrected chi connectivity index (χ1v) is 7.89. The second-order valence-corrected chi connectivity index (χ2v) is 5.84. The van der Waals surface area contributed by atoms with Crippen LogP contribution in [0.4, 0.5) is 8.78 Å². The van der Waals surface area contributed by atoms with Crippen molar-refractivity contribution in [3.63, 3.8) is 0 Å². The summed E-state index contributed by atoms with van der Waals surface area (Å²) in [6, 6.07) is 1.91. The van der Waals surface area contributed by atoms with Gasteiger partial charge in [-0.15, -0.1) is 5.10 Å². The van der Waals surface area contributed by atoms with Crippen LogP contribution in [0.3, 0.4) is 0 Å². The highest BCUT2D eigenvalue weighted by Gasteiger charge is 2.41. The number of nitrogens with zero attached hydrogens (tertiary/aromatic N) is 3. The van der Waals surface area contributed by atoms with Crippen molar-refractivity contribution in [2.24, 2.45) is 0 Å². The van der Waals surface area contributed by atoms with Crippen LogP contribution in [0.1, 0.15) is 6.04 Å². The van der Waals surface area contributed by atoms with E-state index in [1.54, 1.807) is 0 Å². The van der Waals surface area contributed by atoms with Gasteiger partial charge in [0.15, 0.2) is 11.6 Å². The maximum atomic E-state index is 14.3. The van der Waals surface area contributed by atoms with Crippen LogP contribution in [-0.2, 0) is 9.47 Å². The molecular weight excluding hydrogens is 352 g/mol. The number of methoxy groups -OCH3 is 2. The molecule has 2 aromatic rings. The van der Waals surface area contributed by atoms with Gasteiger partial charge in [-0.2, -0.15) is 4.39 Å². The summed E-state index contributed by atoms with van der Waals surface area (Å²) in [6.45, 7) is -0.252. The number of rotatable bonds is 5. The molecule has 142 valence electrons. The normalized spacial score (nSPS) is 26.1. The predicted molar refractivity (Wildman–Crippen MR) is 84.6 cm³/mol. The number of hydrogen-bond acceptors (Lipinski definition) is 7. The minimum atomic E-state index is -1.12. The molecule has 1 saturated heterocycles. The third kappa shape index (κ3) is 3.16. The maximum Gasteiger partial charge on any atom is 0.201 e. The summed E-state index contributed by atoms with van der Waals surface area (Å²) < 4.78 is 44.9. The number of ether oxygens (including phenoxy) is 3. The molecule has 1 fully saturated rings.